The minimum atomic E-state index is -4.36. The molecule has 310 valence electrons. The molecule has 9 atom stereocenters. The van der Waals surface area contributed by atoms with Crippen molar-refractivity contribution in [3.05, 3.63) is 65.7 Å². The van der Waals surface area contributed by atoms with Gasteiger partial charge < -0.3 is 34.0 Å². The first-order chi connectivity index (χ1) is 25.8. The van der Waals surface area contributed by atoms with Gasteiger partial charge in [-0.2, -0.15) is 8.42 Å². The van der Waals surface area contributed by atoms with E-state index in [4.69, 9.17) is 22.8 Å². The summed E-state index contributed by atoms with van der Waals surface area (Å²) in [6, 6.07) is 14.9. The molecule has 3 saturated carbocycles. The van der Waals surface area contributed by atoms with Gasteiger partial charge in [-0.05, 0) is 61.3 Å². The van der Waals surface area contributed by atoms with E-state index in [2.05, 4.69) is 0 Å². The highest BCUT2D eigenvalue weighted by Crippen LogP contribution is 2.62. The molecule has 56 heavy (non-hydrogen) atoms. The molecule has 0 aliphatic heterocycles. The van der Waals surface area contributed by atoms with Crippen LogP contribution in [-0.2, 0) is 44.4 Å². The molecule has 3 aliphatic carbocycles. The van der Waals surface area contributed by atoms with E-state index in [-0.39, 0.29) is 25.0 Å². The summed E-state index contributed by atoms with van der Waals surface area (Å²) in [5.74, 6) is -4.41. The Balaban J connectivity index is 1.84. The van der Waals surface area contributed by atoms with Crippen LogP contribution in [0.25, 0.3) is 0 Å². The molecule has 0 radical (unpaired) electrons. The Morgan fingerprint density at radius 1 is 0.964 bits per heavy atom. The maximum atomic E-state index is 15.9. The fourth-order valence-corrected chi connectivity index (χ4v) is 11.0. The zero-order valence-corrected chi connectivity index (χ0v) is 35.8. The van der Waals surface area contributed by atoms with E-state index >= 15 is 4.79 Å². The number of rotatable bonds is 11. The van der Waals surface area contributed by atoms with Gasteiger partial charge in [0.1, 0.15) is 29.7 Å². The van der Waals surface area contributed by atoms with Crippen molar-refractivity contribution in [3.8, 4) is 5.75 Å². The van der Waals surface area contributed by atoms with E-state index in [0.717, 1.165) is 6.26 Å². The van der Waals surface area contributed by atoms with Gasteiger partial charge in [0.05, 0.1) is 43.7 Å². The quantitative estimate of drug-likeness (QED) is 0.162. The molecule has 2 aromatic carbocycles. The lowest BCUT2D eigenvalue weighted by atomic mass is 9.44. The molecule has 0 spiro atoms. The predicted molar refractivity (Wildman–Crippen MR) is 209 cm³/mol. The predicted octanol–water partition coefficient (Wildman–Crippen LogP) is 4.61. The van der Waals surface area contributed by atoms with Crippen molar-refractivity contribution in [2.75, 3.05) is 20.0 Å². The molecule has 5 rings (SSSR count). The van der Waals surface area contributed by atoms with Crippen LogP contribution in [0.15, 0.2) is 54.6 Å². The van der Waals surface area contributed by atoms with E-state index in [1.165, 1.54) is 19.1 Å². The molecule has 0 heterocycles. The highest BCUT2D eigenvalue weighted by molar-refractivity contribution is 7.86. The summed E-state index contributed by atoms with van der Waals surface area (Å²) in [6.45, 7) is 13.2. The third kappa shape index (κ3) is 7.54. The van der Waals surface area contributed by atoms with Gasteiger partial charge in [-0.3, -0.25) is 13.8 Å². The van der Waals surface area contributed by atoms with Crippen LogP contribution in [0.3, 0.4) is 0 Å². The summed E-state index contributed by atoms with van der Waals surface area (Å²) in [4.78, 5) is 44.6. The molecule has 15 heteroatoms. The minimum Gasteiger partial charge on any atom is -0.497 e. The van der Waals surface area contributed by atoms with Gasteiger partial charge in [-0.25, -0.2) is 4.79 Å². The number of esters is 1. The number of fused-ring (bicyclic) bond motifs is 3. The summed E-state index contributed by atoms with van der Waals surface area (Å²) < 4.78 is 56.6. The smallest absolute Gasteiger partial charge is 0.338 e. The number of ketones is 2. The minimum absolute atomic E-state index is 0.0471. The number of carbonyl (C=O) groups is 3. The van der Waals surface area contributed by atoms with Crippen molar-refractivity contribution in [3.63, 3.8) is 0 Å². The Hall–Kier alpha value is -3.02. The molecule has 0 saturated heterocycles. The lowest BCUT2D eigenvalue weighted by Crippen LogP contribution is -2.80. The average molecular weight is 819 g/mol. The first kappa shape index (κ1) is 44.1. The van der Waals surface area contributed by atoms with E-state index in [1.807, 2.05) is 33.9 Å². The van der Waals surface area contributed by atoms with Crippen LogP contribution in [0.2, 0.25) is 18.1 Å². The Bertz CT molecular complexity index is 1890. The lowest BCUT2D eigenvalue weighted by molar-refractivity contribution is -0.287. The number of aliphatic hydroxyl groups excluding tert-OH is 1. The van der Waals surface area contributed by atoms with Crippen LogP contribution in [0.4, 0.5) is 0 Å². The molecule has 2 aromatic rings. The second-order valence-electron chi connectivity index (χ2n) is 18.0. The van der Waals surface area contributed by atoms with Crippen LogP contribution in [0.5, 0.6) is 5.75 Å². The molecule has 2 bridgehead atoms. The van der Waals surface area contributed by atoms with Gasteiger partial charge in [-0.15, -0.1) is 0 Å². The van der Waals surface area contributed by atoms with E-state index in [0.29, 0.717) is 11.3 Å². The van der Waals surface area contributed by atoms with Crippen LogP contribution in [0.1, 0.15) is 76.7 Å². The monoisotopic (exact) mass is 818 g/mol. The number of carbonyl (C=O) groups excluding carboxylic acids is 3. The Morgan fingerprint density at radius 3 is 2.11 bits per heavy atom. The molecule has 3 aliphatic rings. The molecule has 3 N–H and O–H groups in total. The molecule has 0 aromatic heterocycles. The van der Waals surface area contributed by atoms with Gasteiger partial charge in [0.25, 0.3) is 10.1 Å². The first-order valence-corrected chi connectivity index (χ1v) is 23.7. The first-order valence-electron chi connectivity index (χ1n) is 19.0. The van der Waals surface area contributed by atoms with Crippen LogP contribution < -0.4 is 4.74 Å². The van der Waals surface area contributed by atoms with Crippen molar-refractivity contribution in [1.82, 2.24) is 0 Å². The summed E-state index contributed by atoms with van der Waals surface area (Å²) in [7, 11) is -5.73. The molecule has 3 fully saturated rings. The molecule has 13 nitrogen and oxygen atoms in total. The Labute approximate surface area is 331 Å². The topological polar surface area (TPSA) is 192 Å². The van der Waals surface area contributed by atoms with E-state index < -0.39 is 112 Å². The number of hydrogen-bond acceptors (Lipinski definition) is 13. The van der Waals surface area contributed by atoms with Gasteiger partial charge in [0.2, 0.25) is 0 Å². The maximum Gasteiger partial charge on any atom is 0.338 e. The second kappa shape index (κ2) is 15.3. The summed E-state index contributed by atoms with van der Waals surface area (Å²) in [5, 5.41) is 37.0. The number of benzene rings is 2. The molecular weight excluding hydrogens is 761 g/mol. The Morgan fingerprint density at radius 2 is 1.57 bits per heavy atom. The SMILES string of the molecule is COc1ccc(CO[C@H]2C(=O)[C@@]3(C)C(C(OC(=O)c4ccccc4)[C@]4(O)C(=O)CC[C@H]2C4(C)C)[C@](O)(CO)[C@@H](OS(C)(=O)=O)C[C@@H]3O[Si](C)(C)C(C)(C)C)cc1. The van der Waals surface area contributed by atoms with Gasteiger partial charge in [0, 0.05) is 30.1 Å². The van der Waals surface area contributed by atoms with Crippen LogP contribution >= 0.6 is 0 Å². The highest BCUT2D eigenvalue weighted by Gasteiger charge is 2.77. The summed E-state index contributed by atoms with van der Waals surface area (Å²) >= 11 is 0. The second-order valence-corrected chi connectivity index (χ2v) is 24.4. The zero-order valence-electron chi connectivity index (χ0n) is 34.0. The third-order valence-electron chi connectivity index (χ3n) is 13.3. The van der Waals surface area contributed by atoms with Crippen molar-refractivity contribution >= 4 is 36.0 Å². The normalized spacial score (nSPS) is 33.5. The maximum absolute atomic E-state index is 15.9. The van der Waals surface area contributed by atoms with Crippen molar-refractivity contribution in [2.24, 2.45) is 22.7 Å². The fraction of sp³-hybridized carbons (Fsp3) is 0.634. The van der Waals surface area contributed by atoms with Crippen LogP contribution in [0, 0.1) is 22.7 Å². The number of aliphatic hydroxyl groups is 3. The lowest BCUT2D eigenvalue weighted by Gasteiger charge is -2.65. The van der Waals surface area contributed by atoms with Crippen molar-refractivity contribution in [2.45, 2.75) is 121 Å². The molecule has 2 unspecified atom stereocenters. The van der Waals surface area contributed by atoms with Crippen molar-refractivity contribution in [1.29, 1.82) is 0 Å². The average Bonchev–Trinajstić information content (AvgIpc) is 3.12. The van der Waals surface area contributed by atoms with Gasteiger partial charge in [0.15, 0.2) is 25.5 Å². The van der Waals surface area contributed by atoms with Gasteiger partial charge in [-0.1, -0.05) is 65.0 Å². The standard InChI is InChI=1S/C41H58O13SSi/c1-37(2,3)56(9,10)54-30-22-31(53-55(8,48)49)40(46,24-42)33-35(52-36(45)26-14-12-11-13-15-26)41(47)29(43)21-20-28(38(41,4)5)32(34(44)39(30,33)6)51-23-25-16-18-27(50-7)19-17-25/h11-19,28,30-33,35,42,46-47H,20-24H2,1-10H3/t28-,30+,31+,32-,33?,35?,39-,40+,41-/m1/s1. The molecular formula is C41H58O13SSi. The summed E-state index contributed by atoms with van der Waals surface area (Å²) in [5.41, 5.74) is -8.20. The van der Waals surface area contributed by atoms with E-state index in [1.54, 1.807) is 63.4 Å². The van der Waals surface area contributed by atoms with Crippen molar-refractivity contribution < 1.29 is 60.9 Å². The van der Waals surface area contributed by atoms with Crippen LogP contribution in [-0.4, -0.2) is 105 Å². The third-order valence-corrected chi connectivity index (χ3v) is 18.4. The number of Topliss-reactive ketones (excluding diaryl/α,β-unsaturated/α-hetero) is 2. The Kier molecular flexibility index (Phi) is 12.0. The largest absolute Gasteiger partial charge is 0.497 e. The zero-order chi connectivity index (χ0) is 41.9. The highest BCUT2D eigenvalue weighted by atomic mass is 32.2. The molecule has 0 amide bonds. The van der Waals surface area contributed by atoms with Gasteiger partial charge >= 0.3 is 5.97 Å². The fourth-order valence-electron chi connectivity index (χ4n) is 8.96. The number of methoxy groups -OCH3 is 1. The number of ether oxygens (including phenoxy) is 3. The number of hydrogen-bond donors (Lipinski definition) is 3. The van der Waals surface area contributed by atoms with E-state index in [9.17, 15) is 33.3 Å². The summed E-state index contributed by atoms with van der Waals surface area (Å²) in [6.07, 6.45) is -6.13.